The van der Waals surface area contributed by atoms with Crippen molar-refractivity contribution in [2.24, 2.45) is 0 Å². The molecule has 1 fully saturated rings. The molecule has 6 nitrogen and oxygen atoms in total. The molecule has 3 aromatic rings. The lowest BCUT2D eigenvalue weighted by atomic mass is 10.0. The molecule has 1 aromatic heterocycles. The first-order chi connectivity index (χ1) is 14.7. The number of rotatable bonds is 7. The first kappa shape index (κ1) is 20.7. The summed E-state index contributed by atoms with van der Waals surface area (Å²) < 4.78 is 11.6. The van der Waals surface area contributed by atoms with Gasteiger partial charge >= 0.3 is 0 Å². The van der Waals surface area contributed by atoms with Gasteiger partial charge in [-0.2, -0.15) is 0 Å². The van der Waals surface area contributed by atoms with Crippen LogP contribution in [-0.2, 0) is 6.61 Å². The number of ether oxygens (including phenoxy) is 2. The molecule has 1 aliphatic rings. The quantitative estimate of drug-likeness (QED) is 0.549. The number of hydrogen-bond donors (Lipinski definition) is 1. The Morgan fingerprint density at radius 3 is 2.57 bits per heavy atom. The summed E-state index contributed by atoms with van der Waals surface area (Å²) in [5.74, 6) is 2.02. The third-order valence-electron chi connectivity index (χ3n) is 5.57. The number of benzene rings is 2. The van der Waals surface area contributed by atoms with Gasteiger partial charge in [-0.3, -0.25) is 0 Å². The molecular formula is C23H27ClN4O2. The molecule has 0 unspecified atom stereocenters. The largest absolute Gasteiger partial charge is 0.493 e. The molecule has 1 saturated heterocycles. The third-order valence-corrected chi connectivity index (χ3v) is 5.74. The average Bonchev–Trinajstić information content (AvgIpc) is 2.78. The molecule has 0 bridgehead atoms. The fourth-order valence-corrected chi connectivity index (χ4v) is 3.99. The van der Waals surface area contributed by atoms with Crippen molar-refractivity contribution >= 4 is 28.3 Å². The van der Waals surface area contributed by atoms with Crippen LogP contribution in [0.5, 0.6) is 11.5 Å². The highest BCUT2D eigenvalue weighted by molar-refractivity contribution is 6.28. The van der Waals surface area contributed by atoms with Crippen LogP contribution in [0.1, 0.15) is 25.3 Å². The van der Waals surface area contributed by atoms with E-state index in [1.165, 1.54) is 0 Å². The first-order valence-corrected chi connectivity index (χ1v) is 10.7. The molecule has 1 aliphatic heterocycles. The summed E-state index contributed by atoms with van der Waals surface area (Å²) in [4.78, 5) is 11.3. The fraction of sp³-hybridized carbons (Fsp3) is 0.391. The molecule has 0 aliphatic carbocycles. The zero-order valence-electron chi connectivity index (χ0n) is 17.4. The minimum absolute atomic E-state index is 0.218. The van der Waals surface area contributed by atoms with E-state index in [1.54, 1.807) is 7.11 Å². The van der Waals surface area contributed by atoms with Crippen molar-refractivity contribution in [2.45, 2.75) is 32.4 Å². The Kier molecular flexibility index (Phi) is 6.55. The number of likely N-dealkylation sites (tertiary alicyclic amines) is 1. The third kappa shape index (κ3) is 4.77. The SMILES string of the molecule is CCN1CCC(Nc2nc(Cl)nc3cc(OCc4ccccc4)c(OC)cc23)CC1. The van der Waals surface area contributed by atoms with Crippen molar-refractivity contribution in [3.05, 3.63) is 53.3 Å². The predicted octanol–water partition coefficient (Wildman–Crippen LogP) is 4.77. The van der Waals surface area contributed by atoms with Crippen LogP contribution in [0.4, 0.5) is 5.82 Å². The summed E-state index contributed by atoms with van der Waals surface area (Å²) in [6.45, 7) is 5.92. The van der Waals surface area contributed by atoms with Crippen molar-refractivity contribution in [2.75, 3.05) is 32.1 Å². The molecule has 0 saturated carbocycles. The van der Waals surface area contributed by atoms with E-state index >= 15 is 0 Å². The molecule has 4 rings (SSSR count). The van der Waals surface area contributed by atoms with Gasteiger partial charge in [-0.15, -0.1) is 0 Å². The van der Waals surface area contributed by atoms with Crippen LogP contribution in [0, 0.1) is 0 Å². The van der Waals surface area contributed by atoms with Gasteiger partial charge in [0.05, 0.1) is 12.6 Å². The molecule has 30 heavy (non-hydrogen) atoms. The first-order valence-electron chi connectivity index (χ1n) is 10.4. The second kappa shape index (κ2) is 9.49. The molecule has 0 radical (unpaired) electrons. The van der Waals surface area contributed by atoms with E-state index in [2.05, 4.69) is 27.1 Å². The molecule has 0 atom stereocenters. The number of nitrogens with one attached hydrogen (secondary N) is 1. The molecule has 0 spiro atoms. The van der Waals surface area contributed by atoms with Crippen molar-refractivity contribution < 1.29 is 9.47 Å². The van der Waals surface area contributed by atoms with Gasteiger partial charge < -0.3 is 19.7 Å². The highest BCUT2D eigenvalue weighted by atomic mass is 35.5. The summed E-state index contributed by atoms with van der Waals surface area (Å²) in [7, 11) is 1.64. The maximum Gasteiger partial charge on any atom is 0.224 e. The smallest absolute Gasteiger partial charge is 0.224 e. The average molecular weight is 427 g/mol. The number of hydrogen-bond acceptors (Lipinski definition) is 6. The van der Waals surface area contributed by atoms with E-state index in [4.69, 9.17) is 21.1 Å². The summed E-state index contributed by atoms with van der Waals surface area (Å²) in [5, 5.41) is 4.67. The molecular weight excluding hydrogens is 400 g/mol. The van der Waals surface area contributed by atoms with Crippen molar-refractivity contribution in [3.63, 3.8) is 0 Å². The second-order valence-electron chi connectivity index (χ2n) is 7.49. The van der Waals surface area contributed by atoms with Gasteiger partial charge in [-0.05, 0) is 42.6 Å². The van der Waals surface area contributed by atoms with Gasteiger partial charge in [-0.25, -0.2) is 9.97 Å². The zero-order valence-corrected chi connectivity index (χ0v) is 18.2. The molecule has 7 heteroatoms. The number of piperidine rings is 1. The summed E-state index contributed by atoms with van der Waals surface area (Å²) in [6.07, 6.45) is 2.15. The molecule has 2 aromatic carbocycles. The van der Waals surface area contributed by atoms with E-state index in [0.29, 0.717) is 24.1 Å². The van der Waals surface area contributed by atoms with Crippen molar-refractivity contribution in [3.8, 4) is 11.5 Å². The fourth-order valence-electron chi connectivity index (χ4n) is 3.81. The van der Waals surface area contributed by atoms with Gasteiger partial charge in [0.15, 0.2) is 11.5 Å². The summed E-state index contributed by atoms with van der Waals surface area (Å²) >= 11 is 6.24. The normalized spacial score (nSPS) is 15.3. The topological polar surface area (TPSA) is 59.5 Å². The molecule has 2 heterocycles. The zero-order chi connectivity index (χ0) is 20.9. The van der Waals surface area contributed by atoms with Crippen molar-refractivity contribution in [1.82, 2.24) is 14.9 Å². The molecule has 0 amide bonds. The van der Waals surface area contributed by atoms with Gasteiger partial charge in [0.1, 0.15) is 12.4 Å². The van der Waals surface area contributed by atoms with E-state index in [9.17, 15) is 0 Å². The number of methoxy groups -OCH3 is 1. The summed E-state index contributed by atoms with van der Waals surface area (Å²) in [5.41, 5.74) is 1.81. The molecule has 158 valence electrons. The van der Waals surface area contributed by atoms with Gasteiger partial charge in [-0.1, -0.05) is 37.3 Å². The van der Waals surface area contributed by atoms with Crippen LogP contribution < -0.4 is 14.8 Å². The van der Waals surface area contributed by atoms with Crippen molar-refractivity contribution in [1.29, 1.82) is 0 Å². The Labute approximate surface area is 182 Å². The number of anilines is 1. The standard InChI is InChI=1S/C23H27ClN4O2/c1-3-28-11-9-17(10-12-28)25-22-18-13-20(29-2)21(14-19(18)26-23(24)27-22)30-15-16-7-5-4-6-8-16/h4-8,13-14,17H,3,9-12,15H2,1-2H3,(H,25,26,27). The Balaban J connectivity index is 1.59. The van der Waals surface area contributed by atoms with Crippen LogP contribution in [0.25, 0.3) is 10.9 Å². The number of halogens is 1. The highest BCUT2D eigenvalue weighted by Gasteiger charge is 2.20. The second-order valence-corrected chi connectivity index (χ2v) is 7.83. The van der Waals surface area contributed by atoms with Gasteiger partial charge in [0.25, 0.3) is 0 Å². The van der Waals surface area contributed by atoms with Gasteiger partial charge in [0.2, 0.25) is 5.28 Å². The van der Waals surface area contributed by atoms with Crippen LogP contribution in [0.3, 0.4) is 0 Å². The number of aromatic nitrogens is 2. The Morgan fingerprint density at radius 2 is 1.87 bits per heavy atom. The van der Waals surface area contributed by atoms with Crippen LogP contribution in [0.15, 0.2) is 42.5 Å². The highest BCUT2D eigenvalue weighted by Crippen LogP contribution is 2.35. The Morgan fingerprint density at radius 1 is 1.10 bits per heavy atom. The monoisotopic (exact) mass is 426 g/mol. The van der Waals surface area contributed by atoms with Crippen LogP contribution in [0.2, 0.25) is 5.28 Å². The van der Waals surface area contributed by atoms with Gasteiger partial charge in [0, 0.05) is 30.6 Å². The number of nitrogens with zero attached hydrogens (tertiary/aromatic N) is 3. The van der Waals surface area contributed by atoms with Crippen LogP contribution in [-0.4, -0.2) is 47.7 Å². The maximum atomic E-state index is 6.24. The van der Waals surface area contributed by atoms with E-state index in [1.807, 2.05) is 42.5 Å². The van der Waals surface area contributed by atoms with E-state index in [-0.39, 0.29) is 5.28 Å². The lowest BCUT2D eigenvalue weighted by Gasteiger charge is -2.31. The summed E-state index contributed by atoms with van der Waals surface area (Å²) in [6, 6.07) is 14.2. The minimum Gasteiger partial charge on any atom is -0.493 e. The minimum atomic E-state index is 0.218. The molecule has 1 N–H and O–H groups in total. The maximum absolute atomic E-state index is 6.24. The number of fused-ring (bicyclic) bond motifs is 1. The lowest BCUT2D eigenvalue weighted by molar-refractivity contribution is 0.229. The predicted molar refractivity (Wildman–Crippen MR) is 121 cm³/mol. The Hall–Kier alpha value is -2.57. The van der Waals surface area contributed by atoms with E-state index in [0.717, 1.165) is 54.8 Å². The van der Waals surface area contributed by atoms with E-state index < -0.39 is 0 Å². The Bertz CT molecular complexity index is 991. The lowest BCUT2D eigenvalue weighted by Crippen LogP contribution is -2.39. The van der Waals surface area contributed by atoms with Crippen LogP contribution >= 0.6 is 11.6 Å².